The van der Waals surface area contributed by atoms with Gasteiger partial charge in [0.2, 0.25) is 0 Å². The molecule has 0 saturated heterocycles. The van der Waals surface area contributed by atoms with Crippen molar-refractivity contribution in [2.24, 2.45) is 0 Å². The van der Waals surface area contributed by atoms with Gasteiger partial charge in [-0.05, 0) is 50.0 Å². The van der Waals surface area contributed by atoms with Gasteiger partial charge in [0.1, 0.15) is 0 Å². The first-order valence-corrected chi connectivity index (χ1v) is 6.76. The minimum atomic E-state index is -0.479. The van der Waals surface area contributed by atoms with E-state index < -0.39 is 6.10 Å². The van der Waals surface area contributed by atoms with Crippen LogP contribution in [0.3, 0.4) is 0 Å². The summed E-state index contributed by atoms with van der Waals surface area (Å²) in [5.41, 5.74) is 1.00. The lowest BCUT2D eigenvalue weighted by atomic mass is 9.94. The van der Waals surface area contributed by atoms with E-state index in [2.05, 4.69) is 40.2 Å². The van der Waals surface area contributed by atoms with Gasteiger partial charge in [0.25, 0.3) is 0 Å². The molecular weight excluding hydrogens is 288 g/mol. The molecule has 1 unspecified atom stereocenters. The molecule has 0 aliphatic rings. The number of fused-ring (bicyclic) bond motifs is 2. The molecule has 1 nitrogen and oxygen atoms in total. The lowest BCUT2D eigenvalue weighted by molar-refractivity contribution is 0.202. The molecule has 0 aliphatic heterocycles. The predicted molar refractivity (Wildman–Crippen MR) is 79.8 cm³/mol. The van der Waals surface area contributed by atoms with Crippen molar-refractivity contribution in [3.63, 3.8) is 0 Å². The van der Waals surface area contributed by atoms with Crippen LogP contribution in [0.15, 0.2) is 53.0 Å². The van der Waals surface area contributed by atoms with Gasteiger partial charge >= 0.3 is 0 Å². The second-order valence-corrected chi connectivity index (χ2v) is 5.29. The van der Waals surface area contributed by atoms with Crippen LogP contribution in [-0.4, -0.2) is 5.11 Å². The van der Waals surface area contributed by atoms with Gasteiger partial charge in [-0.3, -0.25) is 0 Å². The molecule has 0 spiro atoms. The third-order valence-corrected chi connectivity index (χ3v) is 4.18. The number of hydrogen-bond donors (Lipinski definition) is 1. The summed E-state index contributed by atoms with van der Waals surface area (Å²) in [5, 5.41) is 14.6. The quantitative estimate of drug-likeness (QED) is 0.640. The van der Waals surface area contributed by atoms with Gasteiger partial charge in [-0.15, -0.1) is 0 Å². The van der Waals surface area contributed by atoms with Crippen molar-refractivity contribution in [1.82, 2.24) is 0 Å². The monoisotopic (exact) mass is 300 g/mol. The summed E-state index contributed by atoms with van der Waals surface area (Å²) in [7, 11) is 0. The fourth-order valence-electron chi connectivity index (χ4n) is 2.56. The smallest absolute Gasteiger partial charge is 0.0773 e. The lowest BCUT2D eigenvalue weighted by Crippen LogP contribution is -1.95. The number of aliphatic hydroxyl groups excluding tert-OH is 1. The molecule has 3 rings (SSSR count). The van der Waals surface area contributed by atoms with E-state index in [1.165, 1.54) is 0 Å². The Bertz CT molecular complexity index is 675. The molecule has 3 aromatic rings. The van der Waals surface area contributed by atoms with Gasteiger partial charge in [-0.2, -0.15) is 0 Å². The predicted octanol–water partition coefficient (Wildman–Crippen LogP) is 4.81. The van der Waals surface area contributed by atoms with Gasteiger partial charge in [0, 0.05) is 4.47 Å². The summed E-state index contributed by atoms with van der Waals surface area (Å²) in [6, 6.07) is 16.4. The maximum absolute atomic E-state index is 10.1. The molecule has 0 heterocycles. The van der Waals surface area contributed by atoms with Crippen molar-refractivity contribution >= 4 is 37.5 Å². The SMILES string of the molecule is CC(O)c1c2ccccc2c(Br)c2ccccc12. The van der Waals surface area contributed by atoms with Crippen LogP contribution >= 0.6 is 15.9 Å². The fraction of sp³-hybridized carbons (Fsp3) is 0.125. The summed E-state index contributed by atoms with van der Waals surface area (Å²) >= 11 is 3.68. The van der Waals surface area contributed by atoms with Gasteiger partial charge in [-0.25, -0.2) is 0 Å². The number of halogens is 1. The minimum absolute atomic E-state index is 0.479. The van der Waals surface area contributed by atoms with Crippen LogP contribution in [0.1, 0.15) is 18.6 Å². The van der Waals surface area contributed by atoms with Crippen LogP contribution in [0, 0.1) is 0 Å². The van der Waals surface area contributed by atoms with Gasteiger partial charge < -0.3 is 5.11 Å². The maximum Gasteiger partial charge on any atom is 0.0773 e. The summed E-state index contributed by atoms with van der Waals surface area (Å²) < 4.78 is 1.10. The molecule has 90 valence electrons. The van der Waals surface area contributed by atoms with E-state index in [1.54, 1.807) is 0 Å². The van der Waals surface area contributed by atoms with E-state index in [4.69, 9.17) is 0 Å². The molecule has 0 amide bonds. The highest BCUT2D eigenvalue weighted by Gasteiger charge is 2.14. The average molecular weight is 301 g/mol. The van der Waals surface area contributed by atoms with Crippen molar-refractivity contribution in [3.05, 3.63) is 58.6 Å². The molecule has 1 atom stereocenters. The Morgan fingerprint density at radius 1 is 0.833 bits per heavy atom. The third-order valence-electron chi connectivity index (χ3n) is 3.33. The van der Waals surface area contributed by atoms with E-state index in [9.17, 15) is 5.11 Å². The summed E-state index contributed by atoms with van der Waals surface area (Å²) in [5.74, 6) is 0. The molecule has 0 bridgehead atoms. The molecule has 0 aliphatic carbocycles. The Morgan fingerprint density at radius 2 is 1.22 bits per heavy atom. The average Bonchev–Trinajstić information content (AvgIpc) is 2.39. The van der Waals surface area contributed by atoms with Gasteiger partial charge in [-0.1, -0.05) is 48.5 Å². The standard InChI is InChI=1S/C16H13BrO/c1-10(18)15-11-6-2-4-8-13(11)16(17)14-9-5-3-7-12(14)15/h2-10,18H,1H3. The fourth-order valence-corrected chi connectivity index (χ4v) is 3.25. The zero-order valence-corrected chi connectivity index (χ0v) is 11.6. The molecule has 0 aromatic heterocycles. The first-order chi connectivity index (χ1) is 8.70. The number of hydrogen-bond acceptors (Lipinski definition) is 1. The lowest BCUT2D eigenvalue weighted by Gasteiger charge is -2.15. The molecule has 0 saturated carbocycles. The van der Waals surface area contributed by atoms with E-state index >= 15 is 0 Å². The first-order valence-electron chi connectivity index (χ1n) is 5.97. The molecule has 3 aromatic carbocycles. The molecule has 18 heavy (non-hydrogen) atoms. The topological polar surface area (TPSA) is 20.2 Å². The van der Waals surface area contributed by atoms with Crippen molar-refractivity contribution < 1.29 is 5.11 Å². The van der Waals surface area contributed by atoms with E-state index in [0.717, 1.165) is 31.6 Å². The van der Waals surface area contributed by atoms with E-state index in [0.29, 0.717) is 0 Å². The number of rotatable bonds is 1. The van der Waals surface area contributed by atoms with E-state index in [1.807, 2.05) is 31.2 Å². The van der Waals surface area contributed by atoms with Crippen LogP contribution in [0.4, 0.5) is 0 Å². The maximum atomic E-state index is 10.1. The number of aliphatic hydroxyl groups is 1. The Morgan fingerprint density at radius 3 is 1.61 bits per heavy atom. The van der Waals surface area contributed by atoms with Crippen molar-refractivity contribution in [3.8, 4) is 0 Å². The summed E-state index contributed by atoms with van der Waals surface area (Å²) in [6.07, 6.45) is -0.479. The first kappa shape index (κ1) is 11.7. The highest BCUT2D eigenvalue weighted by atomic mass is 79.9. The highest BCUT2D eigenvalue weighted by molar-refractivity contribution is 9.10. The van der Waals surface area contributed by atoms with Gasteiger partial charge in [0.15, 0.2) is 0 Å². The molecule has 0 radical (unpaired) electrons. The van der Waals surface area contributed by atoms with Gasteiger partial charge in [0.05, 0.1) is 6.10 Å². The minimum Gasteiger partial charge on any atom is -0.389 e. The Kier molecular flexibility index (Phi) is 2.84. The van der Waals surface area contributed by atoms with Crippen molar-refractivity contribution in [1.29, 1.82) is 0 Å². The zero-order valence-electron chi connectivity index (χ0n) is 10.0. The largest absolute Gasteiger partial charge is 0.389 e. The van der Waals surface area contributed by atoms with Crippen LogP contribution in [-0.2, 0) is 0 Å². The van der Waals surface area contributed by atoms with Crippen LogP contribution in [0.5, 0.6) is 0 Å². The highest BCUT2D eigenvalue weighted by Crippen LogP contribution is 2.38. The Labute approximate surface area is 114 Å². The second kappa shape index (κ2) is 4.38. The zero-order chi connectivity index (χ0) is 12.7. The normalized spacial score (nSPS) is 13.1. The number of benzene rings is 3. The molecular formula is C16H13BrO. The van der Waals surface area contributed by atoms with Crippen LogP contribution < -0.4 is 0 Å². The molecule has 2 heteroatoms. The Balaban J connectivity index is 2.63. The second-order valence-electron chi connectivity index (χ2n) is 4.49. The van der Waals surface area contributed by atoms with Crippen molar-refractivity contribution in [2.75, 3.05) is 0 Å². The van der Waals surface area contributed by atoms with Crippen LogP contribution in [0.25, 0.3) is 21.5 Å². The third kappa shape index (κ3) is 1.64. The summed E-state index contributed by atoms with van der Waals surface area (Å²) in [6.45, 7) is 1.82. The Hall–Kier alpha value is -1.38. The summed E-state index contributed by atoms with van der Waals surface area (Å²) in [4.78, 5) is 0. The van der Waals surface area contributed by atoms with E-state index in [-0.39, 0.29) is 0 Å². The van der Waals surface area contributed by atoms with Crippen molar-refractivity contribution in [2.45, 2.75) is 13.0 Å². The molecule has 0 fully saturated rings. The molecule has 1 N–H and O–H groups in total. The van der Waals surface area contributed by atoms with Crippen LogP contribution in [0.2, 0.25) is 0 Å².